The molecule has 13 heavy (non-hydrogen) atoms. The minimum absolute atomic E-state index is 0.0764. The zero-order chi connectivity index (χ0) is 9.31. The van der Waals surface area contributed by atoms with E-state index in [9.17, 15) is 5.11 Å². The lowest BCUT2D eigenvalue weighted by atomic mass is 9.65. The summed E-state index contributed by atoms with van der Waals surface area (Å²) in [5.41, 5.74) is -0.0764. The maximum absolute atomic E-state index is 10.00. The summed E-state index contributed by atoms with van der Waals surface area (Å²) in [6.45, 7) is 0.192. The second kappa shape index (κ2) is 3.43. The smallest absolute Gasteiger partial charge is 0.0634 e. The van der Waals surface area contributed by atoms with Gasteiger partial charge in [-0.3, -0.25) is 0 Å². The molecule has 0 heterocycles. The summed E-state index contributed by atoms with van der Waals surface area (Å²) in [6, 6.07) is 0. The Morgan fingerprint density at radius 2 is 2.23 bits per heavy atom. The van der Waals surface area contributed by atoms with Crippen LogP contribution in [-0.4, -0.2) is 22.9 Å². The summed E-state index contributed by atoms with van der Waals surface area (Å²) in [4.78, 5) is 0. The van der Waals surface area contributed by atoms with Crippen molar-refractivity contribution in [2.45, 2.75) is 38.2 Å². The Morgan fingerprint density at radius 3 is 3.00 bits per heavy atom. The highest BCUT2D eigenvalue weighted by Gasteiger charge is 2.46. The van der Waals surface area contributed by atoms with E-state index in [-0.39, 0.29) is 18.1 Å². The van der Waals surface area contributed by atoms with Crippen LogP contribution in [-0.2, 0) is 0 Å². The molecule has 2 aliphatic carbocycles. The number of hydrogen-bond acceptors (Lipinski definition) is 2. The Bertz CT molecular complexity index is 212. The average Bonchev–Trinajstić information content (AvgIpc) is 2.51. The summed E-state index contributed by atoms with van der Waals surface area (Å²) in [7, 11) is 0. The van der Waals surface area contributed by atoms with Gasteiger partial charge in [-0.1, -0.05) is 18.6 Å². The molecule has 0 aromatic carbocycles. The number of aliphatic hydroxyl groups excluding tert-OH is 2. The molecule has 0 aromatic rings. The van der Waals surface area contributed by atoms with E-state index in [4.69, 9.17) is 5.11 Å². The Kier molecular flexibility index (Phi) is 2.43. The summed E-state index contributed by atoms with van der Waals surface area (Å²) in [6.07, 6.45) is 9.18. The molecule has 2 rings (SSSR count). The summed E-state index contributed by atoms with van der Waals surface area (Å²) in [5, 5.41) is 19.0. The molecule has 1 saturated carbocycles. The van der Waals surface area contributed by atoms with Gasteiger partial charge < -0.3 is 10.2 Å². The molecule has 74 valence electrons. The number of aliphatic hydroxyl groups is 2. The van der Waals surface area contributed by atoms with Gasteiger partial charge >= 0.3 is 0 Å². The minimum Gasteiger partial charge on any atom is -0.396 e. The van der Waals surface area contributed by atoms with Crippen molar-refractivity contribution in [1.82, 2.24) is 0 Å². The molecule has 2 nitrogen and oxygen atoms in total. The molecule has 0 radical (unpaired) electrons. The molecule has 0 amide bonds. The Labute approximate surface area is 79.3 Å². The molecule has 1 fully saturated rings. The zero-order valence-corrected chi connectivity index (χ0v) is 7.95. The van der Waals surface area contributed by atoms with E-state index in [2.05, 4.69) is 12.2 Å². The van der Waals surface area contributed by atoms with E-state index in [0.717, 1.165) is 25.7 Å². The van der Waals surface area contributed by atoms with Crippen molar-refractivity contribution in [2.24, 2.45) is 11.3 Å². The van der Waals surface area contributed by atoms with E-state index in [0.29, 0.717) is 5.92 Å². The fourth-order valence-corrected chi connectivity index (χ4v) is 3.05. The lowest BCUT2D eigenvalue weighted by molar-refractivity contribution is -0.0267. The fraction of sp³-hybridized carbons (Fsp3) is 0.818. The van der Waals surface area contributed by atoms with E-state index < -0.39 is 0 Å². The van der Waals surface area contributed by atoms with E-state index >= 15 is 0 Å². The highest BCUT2D eigenvalue weighted by molar-refractivity contribution is 5.15. The Morgan fingerprint density at radius 1 is 1.38 bits per heavy atom. The molecule has 3 atom stereocenters. The van der Waals surface area contributed by atoms with Crippen molar-refractivity contribution >= 4 is 0 Å². The van der Waals surface area contributed by atoms with Crippen molar-refractivity contribution in [3.63, 3.8) is 0 Å². The first-order valence-electron chi connectivity index (χ1n) is 5.26. The average molecular weight is 182 g/mol. The van der Waals surface area contributed by atoms with Crippen LogP contribution in [0, 0.1) is 11.3 Å². The van der Waals surface area contributed by atoms with Gasteiger partial charge in [-0.05, 0) is 31.6 Å². The number of rotatable bonds is 2. The van der Waals surface area contributed by atoms with Crippen LogP contribution in [0.4, 0.5) is 0 Å². The largest absolute Gasteiger partial charge is 0.396 e. The number of fused-ring (bicyclic) bond motifs is 1. The molecule has 2 aliphatic rings. The van der Waals surface area contributed by atoms with E-state index in [1.165, 1.54) is 6.42 Å². The number of hydrogen-bond donors (Lipinski definition) is 2. The van der Waals surface area contributed by atoms with Gasteiger partial charge in [0.1, 0.15) is 0 Å². The normalized spacial score (nSPS) is 43.5. The van der Waals surface area contributed by atoms with Crippen molar-refractivity contribution in [2.75, 3.05) is 6.61 Å². The third-order valence-corrected chi connectivity index (χ3v) is 3.80. The van der Waals surface area contributed by atoms with Gasteiger partial charge in [0.15, 0.2) is 0 Å². The SMILES string of the molecule is OCCC12C=CCC1CCCC2O. The summed E-state index contributed by atoms with van der Waals surface area (Å²) in [5.74, 6) is 0.586. The molecule has 0 spiro atoms. The third kappa shape index (κ3) is 1.32. The standard InChI is InChI=1S/C11H18O2/c12-8-7-11-6-2-4-9(11)3-1-5-10(11)13/h2,6,9-10,12-13H,1,3-5,7-8H2. The van der Waals surface area contributed by atoms with Crippen molar-refractivity contribution in [1.29, 1.82) is 0 Å². The van der Waals surface area contributed by atoms with E-state index in [1.54, 1.807) is 0 Å². The van der Waals surface area contributed by atoms with Gasteiger partial charge in [-0.2, -0.15) is 0 Å². The fourth-order valence-electron chi connectivity index (χ4n) is 3.05. The van der Waals surface area contributed by atoms with Crippen LogP contribution < -0.4 is 0 Å². The highest BCUT2D eigenvalue weighted by atomic mass is 16.3. The highest BCUT2D eigenvalue weighted by Crippen LogP contribution is 2.50. The number of allylic oxidation sites excluding steroid dienone is 1. The second-order valence-electron chi connectivity index (χ2n) is 4.37. The van der Waals surface area contributed by atoms with Crippen molar-refractivity contribution in [3.8, 4) is 0 Å². The quantitative estimate of drug-likeness (QED) is 0.635. The van der Waals surface area contributed by atoms with Crippen LogP contribution in [0.15, 0.2) is 12.2 Å². The van der Waals surface area contributed by atoms with E-state index in [1.807, 2.05) is 0 Å². The third-order valence-electron chi connectivity index (χ3n) is 3.80. The Hall–Kier alpha value is -0.340. The van der Waals surface area contributed by atoms with Crippen LogP contribution in [0.1, 0.15) is 32.1 Å². The Balaban J connectivity index is 2.20. The van der Waals surface area contributed by atoms with Crippen molar-refractivity contribution < 1.29 is 10.2 Å². The van der Waals surface area contributed by atoms with Gasteiger partial charge in [0.25, 0.3) is 0 Å². The van der Waals surface area contributed by atoms with Gasteiger partial charge in [-0.25, -0.2) is 0 Å². The predicted octanol–water partition coefficient (Wildman–Crippen LogP) is 1.48. The first-order valence-corrected chi connectivity index (χ1v) is 5.26. The molecule has 0 bridgehead atoms. The van der Waals surface area contributed by atoms with Crippen LogP contribution in [0.2, 0.25) is 0 Å². The first-order chi connectivity index (χ1) is 6.29. The summed E-state index contributed by atoms with van der Waals surface area (Å²) < 4.78 is 0. The topological polar surface area (TPSA) is 40.5 Å². The van der Waals surface area contributed by atoms with Gasteiger partial charge in [-0.15, -0.1) is 0 Å². The van der Waals surface area contributed by atoms with Gasteiger partial charge in [0, 0.05) is 12.0 Å². The lowest BCUT2D eigenvalue weighted by Crippen LogP contribution is -2.42. The lowest BCUT2D eigenvalue weighted by Gasteiger charge is -2.42. The molecule has 0 aliphatic heterocycles. The first kappa shape index (κ1) is 9.22. The molecular formula is C11H18O2. The van der Waals surface area contributed by atoms with Crippen LogP contribution >= 0.6 is 0 Å². The molecule has 2 heteroatoms. The molecule has 0 aromatic heterocycles. The monoisotopic (exact) mass is 182 g/mol. The van der Waals surface area contributed by atoms with Crippen LogP contribution in [0.25, 0.3) is 0 Å². The molecule has 3 unspecified atom stereocenters. The maximum Gasteiger partial charge on any atom is 0.0634 e. The summed E-state index contributed by atoms with van der Waals surface area (Å²) >= 11 is 0. The molecule has 0 saturated heterocycles. The molecular weight excluding hydrogens is 164 g/mol. The predicted molar refractivity (Wildman–Crippen MR) is 51.2 cm³/mol. The zero-order valence-electron chi connectivity index (χ0n) is 7.95. The maximum atomic E-state index is 10.00. The molecule has 2 N–H and O–H groups in total. The van der Waals surface area contributed by atoms with Crippen molar-refractivity contribution in [3.05, 3.63) is 12.2 Å². The van der Waals surface area contributed by atoms with Gasteiger partial charge in [0.05, 0.1) is 6.10 Å². The van der Waals surface area contributed by atoms with Gasteiger partial charge in [0.2, 0.25) is 0 Å². The van der Waals surface area contributed by atoms with Crippen LogP contribution in [0.3, 0.4) is 0 Å². The van der Waals surface area contributed by atoms with Crippen LogP contribution in [0.5, 0.6) is 0 Å². The second-order valence-corrected chi connectivity index (χ2v) is 4.37. The minimum atomic E-state index is -0.225.